The third-order valence-corrected chi connectivity index (χ3v) is 4.35. The molecule has 0 amide bonds. The molecule has 1 aliphatic rings. The van der Waals surface area contributed by atoms with E-state index in [-0.39, 0.29) is 0 Å². The third kappa shape index (κ3) is 4.44. The van der Waals surface area contributed by atoms with Crippen molar-refractivity contribution in [2.24, 2.45) is 5.92 Å². The summed E-state index contributed by atoms with van der Waals surface area (Å²) in [5.41, 5.74) is 4.04. The Kier molecular flexibility index (Phi) is 5.63. The maximum Gasteiger partial charge on any atom is 0.119 e. The van der Waals surface area contributed by atoms with Gasteiger partial charge in [-0.3, -0.25) is 0 Å². The molecule has 128 valence electrons. The van der Waals surface area contributed by atoms with Crippen LogP contribution in [0.1, 0.15) is 25.8 Å². The first kappa shape index (κ1) is 16.7. The molecule has 0 spiro atoms. The second-order valence-corrected chi connectivity index (χ2v) is 6.88. The Hall–Kier alpha value is -2.16. The van der Waals surface area contributed by atoms with Crippen LogP contribution < -0.4 is 15.0 Å². The number of ether oxygens (including phenoxy) is 1. The monoisotopic (exact) mass is 324 g/mol. The van der Waals surface area contributed by atoms with Crippen LogP contribution in [0.5, 0.6) is 5.75 Å². The molecule has 3 rings (SSSR count). The summed E-state index contributed by atoms with van der Waals surface area (Å²) in [6, 6.07) is 17.1. The molecule has 0 saturated carbocycles. The van der Waals surface area contributed by atoms with Gasteiger partial charge in [-0.15, -0.1) is 0 Å². The van der Waals surface area contributed by atoms with Crippen molar-refractivity contribution >= 4 is 11.4 Å². The number of anilines is 2. The first-order valence-electron chi connectivity index (χ1n) is 9.02. The van der Waals surface area contributed by atoms with E-state index in [1.807, 2.05) is 12.1 Å². The van der Waals surface area contributed by atoms with E-state index in [0.29, 0.717) is 5.92 Å². The van der Waals surface area contributed by atoms with E-state index in [2.05, 4.69) is 60.5 Å². The van der Waals surface area contributed by atoms with Crippen LogP contribution >= 0.6 is 0 Å². The number of hydrogen-bond acceptors (Lipinski definition) is 3. The lowest BCUT2D eigenvalue weighted by molar-refractivity contribution is 0.271. The van der Waals surface area contributed by atoms with Crippen molar-refractivity contribution in [1.82, 2.24) is 0 Å². The molecule has 2 aromatic rings. The molecule has 0 aromatic heterocycles. The number of benzene rings is 2. The van der Waals surface area contributed by atoms with Crippen LogP contribution in [0, 0.1) is 5.92 Å². The average molecular weight is 324 g/mol. The van der Waals surface area contributed by atoms with Crippen molar-refractivity contribution in [2.75, 3.05) is 36.5 Å². The average Bonchev–Trinajstić information content (AvgIpc) is 2.61. The Morgan fingerprint density at radius 2 is 1.88 bits per heavy atom. The minimum absolute atomic E-state index is 0.551. The smallest absolute Gasteiger partial charge is 0.119 e. The summed E-state index contributed by atoms with van der Waals surface area (Å²) in [7, 11) is 0. The highest BCUT2D eigenvalue weighted by atomic mass is 16.5. The lowest BCUT2D eigenvalue weighted by Gasteiger charge is -2.31. The highest BCUT2D eigenvalue weighted by Gasteiger charge is 2.15. The van der Waals surface area contributed by atoms with Gasteiger partial charge in [0.1, 0.15) is 5.75 Å². The van der Waals surface area contributed by atoms with Gasteiger partial charge in [-0.05, 0) is 54.7 Å². The van der Waals surface area contributed by atoms with Gasteiger partial charge in [-0.2, -0.15) is 0 Å². The number of rotatable bonds is 7. The first-order valence-corrected chi connectivity index (χ1v) is 9.02. The summed E-state index contributed by atoms with van der Waals surface area (Å²) in [5.74, 6) is 1.49. The van der Waals surface area contributed by atoms with E-state index in [9.17, 15) is 0 Å². The fourth-order valence-electron chi connectivity index (χ4n) is 3.11. The van der Waals surface area contributed by atoms with Crippen LogP contribution in [0.3, 0.4) is 0 Å². The fourth-order valence-corrected chi connectivity index (χ4v) is 3.11. The molecule has 1 aliphatic heterocycles. The van der Waals surface area contributed by atoms with Crippen molar-refractivity contribution in [3.63, 3.8) is 0 Å². The van der Waals surface area contributed by atoms with Crippen molar-refractivity contribution in [3.8, 4) is 5.75 Å². The van der Waals surface area contributed by atoms with Crippen molar-refractivity contribution < 1.29 is 4.74 Å². The summed E-state index contributed by atoms with van der Waals surface area (Å²) in [4.78, 5) is 2.49. The zero-order valence-electron chi connectivity index (χ0n) is 14.8. The maximum absolute atomic E-state index is 5.73. The molecule has 0 radical (unpaired) electrons. The van der Waals surface area contributed by atoms with E-state index in [0.717, 1.165) is 37.7 Å². The minimum Gasteiger partial charge on any atom is -0.493 e. The van der Waals surface area contributed by atoms with E-state index in [1.165, 1.54) is 24.1 Å². The van der Waals surface area contributed by atoms with Gasteiger partial charge in [0.2, 0.25) is 0 Å². The standard InChI is InChI=1S/C21H28N2O/c1-17(2)16-24-20-11-9-19(10-12-20)22-13-15-23-14-5-7-18-6-3-4-8-21(18)23/h3-4,6,8-12,17,22H,5,7,13-16H2,1-2H3. The molecule has 0 fully saturated rings. The lowest BCUT2D eigenvalue weighted by Crippen LogP contribution is -2.33. The highest BCUT2D eigenvalue weighted by molar-refractivity contribution is 5.55. The molecule has 2 aromatic carbocycles. The quantitative estimate of drug-likeness (QED) is 0.806. The van der Waals surface area contributed by atoms with E-state index in [4.69, 9.17) is 4.74 Å². The molecule has 0 unspecified atom stereocenters. The Morgan fingerprint density at radius 1 is 1.08 bits per heavy atom. The number of para-hydroxylation sites is 1. The number of nitrogens with zero attached hydrogens (tertiary/aromatic N) is 1. The zero-order valence-corrected chi connectivity index (χ0v) is 14.8. The molecular formula is C21H28N2O. The predicted molar refractivity (Wildman–Crippen MR) is 102 cm³/mol. The van der Waals surface area contributed by atoms with E-state index in [1.54, 1.807) is 0 Å². The highest BCUT2D eigenvalue weighted by Crippen LogP contribution is 2.26. The van der Waals surface area contributed by atoms with Crippen molar-refractivity contribution in [2.45, 2.75) is 26.7 Å². The third-order valence-electron chi connectivity index (χ3n) is 4.35. The first-order chi connectivity index (χ1) is 11.7. The Balaban J connectivity index is 1.48. The summed E-state index contributed by atoms with van der Waals surface area (Å²) in [6.45, 7) is 8.22. The maximum atomic E-state index is 5.73. The minimum atomic E-state index is 0.551. The molecule has 1 N–H and O–H groups in total. The predicted octanol–water partition coefficient (Wildman–Crippen LogP) is 4.59. The van der Waals surface area contributed by atoms with Crippen LogP contribution in [0.4, 0.5) is 11.4 Å². The number of aryl methyl sites for hydroxylation is 1. The van der Waals surface area contributed by atoms with Gasteiger partial charge >= 0.3 is 0 Å². The summed E-state index contributed by atoms with van der Waals surface area (Å²) < 4.78 is 5.73. The molecule has 0 atom stereocenters. The molecule has 3 heteroatoms. The zero-order chi connectivity index (χ0) is 16.8. The van der Waals surface area contributed by atoms with Gasteiger partial charge in [0.15, 0.2) is 0 Å². The molecule has 1 heterocycles. The number of nitrogens with one attached hydrogen (secondary N) is 1. The van der Waals surface area contributed by atoms with Gasteiger partial charge in [0.25, 0.3) is 0 Å². The SMILES string of the molecule is CC(C)COc1ccc(NCCN2CCCc3ccccc32)cc1. The fraction of sp³-hybridized carbons (Fsp3) is 0.429. The molecular weight excluding hydrogens is 296 g/mol. The molecule has 0 bridgehead atoms. The van der Waals surface area contributed by atoms with Gasteiger partial charge < -0.3 is 15.0 Å². The normalized spacial score (nSPS) is 13.7. The van der Waals surface area contributed by atoms with Crippen LogP contribution in [0.15, 0.2) is 48.5 Å². The van der Waals surface area contributed by atoms with E-state index >= 15 is 0 Å². The number of fused-ring (bicyclic) bond motifs is 1. The van der Waals surface area contributed by atoms with Crippen molar-refractivity contribution in [1.29, 1.82) is 0 Å². The summed E-state index contributed by atoms with van der Waals surface area (Å²) in [5, 5.41) is 3.52. The number of hydrogen-bond donors (Lipinski definition) is 1. The second kappa shape index (κ2) is 8.09. The van der Waals surface area contributed by atoms with Gasteiger partial charge in [-0.1, -0.05) is 32.0 Å². The molecule has 0 aliphatic carbocycles. The van der Waals surface area contributed by atoms with Gasteiger partial charge in [0, 0.05) is 31.0 Å². The molecule has 24 heavy (non-hydrogen) atoms. The lowest BCUT2D eigenvalue weighted by atomic mass is 10.0. The largest absolute Gasteiger partial charge is 0.493 e. The topological polar surface area (TPSA) is 24.5 Å². The Labute approximate surface area is 145 Å². The van der Waals surface area contributed by atoms with Crippen LogP contribution in [-0.4, -0.2) is 26.2 Å². The molecule has 0 saturated heterocycles. The summed E-state index contributed by atoms with van der Waals surface area (Å²) >= 11 is 0. The van der Waals surface area contributed by atoms with Crippen molar-refractivity contribution in [3.05, 3.63) is 54.1 Å². The second-order valence-electron chi connectivity index (χ2n) is 6.88. The van der Waals surface area contributed by atoms with E-state index < -0.39 is 0 Å². The van der Waals surface area contributed by atoms with Crippen LogP contribution in [-0.2, 0) is 6.42 Å². The van der Waals surface area contributed by atoms with Gasteiger partial charge in [0.05, 0.1) is 6.61 Å². The van der Waals surface area contributed by atoms with Crippen LogP contribution in [0.25, 0.3) is 0 Å². The summed E-state index contributed by atoms with van der Waals surface area (Å²) in [6.07, 6.45) is 2.46. The van der Waals surface area contributed by atoms with Gasteiger partial charge in [-0.25, -0.2) is 0 Å². The van der Waals surface area contributed by atoms with Crippen LogP contribution in [0.2, 0.25) is 0 Å². The Morgan fingerprint density at radius 3 is 2.67 bits per heavy atom. The Bertz CT molecular complexity index is 637. The molecule has 3 nitrogen and oxygen atoms in total.